The molecule has 9 heteroatoms. The molecule has 0 bridgehead atoms. The molecular weight excluding hydrogens is 445 g/mol. The Morgan fingerprint density at radius 1 is 1.06 bits per heavy atom. The lowest BCUT2D eigenvalue weighted by Crippen LogP contribution is -2.01. The molecule has 8 nitrogen and oxygen atoms in total. The van der Waals surface area contributed by atoms with Gasteiger partial charge in [-0.2, -0.15) is 0 Å². The number of aromatic nitrogens is 6. The molecular formula is C26H20FN7O. The number of benzene rings is 1. The van der Waals surface area contributed by atoms with E-state index >= 15 is 0 Å². The molecule has 0 saturated carbocycles. The molecule has 0 saturated heterocycles. The molecule has 5 rings (SSSR count). The topological polar surface area (TPSA) is 105 Å². The summed E-state index contributed by atoms with van der Waals surface area (Å²) in [6.45, 7) is 3.53. The van der Waals surface area contributed by atoms with Crippen LogP contribution < -0.4 is 10.5 Å². The van der Waals surface area contributed by atoms with Gasteiger partial charge in [0.2, 0.25) is 0 Å². The van der Waals surface area contributed by atoms with Crippen molar-refractivity contribution in [3.8, 4) is 46.5 Å². The highest BCUT2D eigenvalue weighted by molar-refractivity contribution is 6.08. The molecule has 0 aliphatic carbocycles. The summed E-state index contributed by atoms with van der Waals surface area (Å²) in [5, 5.41) is 0.654. The summed E-state index contributed by atoms with van der Waals surface area (Å²) < 4.78 is 22.6. The van der Waals surface area contributed by atoms with Crippen LogP contribution in [0.3, 0.4) is 0 Å². The average Bonchev–Trinajstić information content (AvgIpc) is 3.15. The zero-order valence-corrected chi connectivity index (χ0v) is 19.2. The number of pyridine rings is 1. The van der Waals surface area contributed by atoms with Crippen LogP contribution in [-0.2, 0) is 7.05 Å². The molecule has 0 aliphatic rings. The molecule has 35 heavy (non-hydrogen) atoms. The van der Waals surface area contributed by atoms with Gasteiger partial charge in [0.25, 0.3) is 0 Å². The maximum atomic E-state index is 14.9. The van der Waals surface area contributed by atoms with Gasteiger partial charge in [-0.05, 0) is 49.1 Å². The fourth-order valence-corrected chi connectivity index (χ4v) is 4.06. The Hall–Kier alpha value is -4.84. The van der Waals surface area contributed by atoms with Crippen molar-refractivity contribution < 1.29 is 9.13 Å². The van der Waals surface area contributed by atoms with E-state index in [1.54, 1.807) is 37.5 Å². The predicted octanol–water partition coefficient (Wildman–Crippen LogP) is 4.60. The zero-order chi connectivity index (χ0) is 24.7. The van der Waals surface area contributed by atoms with Gasteiger partial charge < -0.3 is 15.0 Å². The summed E-state index contributed by atoms with van der Waals surface area (Å²) in [5.74, 6) is 2.62. The van der Waals surface area contributed by atoms with Crippen molar-refractivity contribution >= 4 is 16.9 Å². The Morgan fingerprint density at radius 2 is 1.83 bits per heavy atom. The van der Waals surface area contributed by atoms with Crippen molar-refractivity contribution in [1.29, 1.82) is 0 Å². The largest absolute Gasteiger partial charge is 0.424 e. The third kappa shape index (κ3) is 3.71. The van der Waals surface area contributed by atoms with Crippen LogP contribution in [0.4, 0.5) is 10.2 Å². The number of nitrogen functional groups attached to an aromatic ring is 1. The summed E-state index contributed by atoms with van der Waals surface area (Å²) in [4.78, 5) is 21.2. The number of hydrogen-bond donors (Lipinski definition) is 1. The maximum Gasteiger partial charge on any atom is 0.322 e. The lowest BCUT2D eigenvalue weighted by Gasteiger charge is -2.13. The van der Waals surface area contributed by atoms with E-state index in [4.69, 9.17) is 16.9 Å². The Morgan fingerprint density at radius 3 is 2.54 bits per heavy atom. The Bertz CT molecular complexity index is 1640. The third-order valence-electron chi connectivity index (χ3n) is 5.78. The fourth-order valence-electron chi connectivity index (χ4n) is 4.06. The monoisotopic (exact) mass is 465 g/mol. The van der Waals surface area contributed by atoms with Gasteiger partial charge in [0, 0.05) is 36.3 Å². The summed E-state index contributed by atoms with van der Waals surface area (Å²) in [6.07, 6.45) is 10.0. The number of fused-ring (bicyclic) bond motifs is 1. The van der Waals surface area contributed by atoms with Crippen LogP contribution in [0, 0.1) is 32.0 Å². The van der Waals surface area contributed by atoms with Gasteiger partial charge in [0.1, 0.15) is 29.2 Å². The highest BCUT2D eigenvalue weighted by Crippen LogP contribution is 2.43. The molecule has 4 aromatic heterocycles. The van der Waals surface area contributed by atoms with Gasteiger partial charge in [-0.15, -0.1) is 6.42 Å². The number of halogens is 1. The van der Waals surface area contributed by atoms with Crippen molar-refractivity contribution in [2.75, 3.05) is 5.73 Å². The Balaban J connectivity index is 1.69. The second-order valence-electron chi connectivity index (χ2n) is 7.95. The van der Waals surface area contributed by atoms with E-state index in [-0.39, 0.29) is 11.7 Å². The maximum absolute atomic E-state index is 14.9. The first-order chi connectivity index (χ1) is 16.9. The SMILES string of the molecule is C#Cc1ncc(-c2c(-c3ccc(Oc4nccc(C)n4)cc3)c3c(N)ncnc3n2C)c(C)c1F. The van der Waals surface area contributed by atoms with E-state index in [1.807, 2.05) is 30.7 Å². The van der Waals surface area contributed by atoms with Crippen molar-refractivity contribution in [2.45, 2.75) is 13.8 Å². The third-order valence-corrected chi connectivity index (χ3v) is 5.78. The van der Waals surface area contributed by atoms with E-state index in [0.717, 1.165) is 16.8 Å². The van der Waals surface area contributed by atoms with Gasteiger partial charge in [-0.1, -0.05) is 12.1 Å². The first-order valence-electron chi connectivity index (χ1n) is 10.7. The van der Waals surface area contributed by atoms with E-state index < -0.39 is 5.82 Å². The second-order valence-corrected chi connectivity index (χ2v) is 7.95. The first-order valence-corrected chi connectivity index (χ1v) is 10.7. The minimum absolute atomic E-state index is 0.0364. The molecule has 1 aromatic carbocycles. The molecule has 5 aromatic rings. The summed E-state index contributed by atoms with van der Waals surface area (Å²) >= 11 is 0. The predicted molar refractivity (Wildman–Crippen MR) is 131 cm³/mol. The lowest BCUT2D eigenvalue weighted by molar-refractivity contribution is 0.440. The standard InChI is InChI=1S/C26H20FN7O/c1-5-19-22(27)15(3)18(12-30-19)23-20(21-24(28)31-13-32-25(21)34(23)4)16-6-8-17(9-7-16)35-26-29-11-10-14(2)33-26/h1,6-13H,2-4H3,(H2,28,31,32). The van der Waals surface area contributed by atoms with Crippen LogP contribution in [0.15, 0.2) is 49.1 Å². The van der Waals surface area contributed by atoms with E-state index in [0.29, 0.717) is 39.4 Å². The van der Waals surface area contributed by atoms with Crippen molar-refractivity contribution in [1.82, 2.24) is 29.5 Å². The number of rotatable bonds is 4. The highest BCUT2D eigenvalue weighted by atomic mass is 19.1. The van der Waals surface area contributed by atoms with Gasteiger partial charge in [0.05, 0.1) is 11.1 Å². The molecule has 172 valence electrons. The molecule has 0 atom stereocenters. The number of ether oxygens (including phenoxy) is 1. The van der Waals surface area contributed by atoms with Crippen LogP contribution in [0.5, 0.6) is 11.8 Å². The molecule has 0 aliphatic heterocycles. The Labute approximate surface area is 200 Å². The average molecular weight is 465 g/mol. The molecule has 0 spiro atoms. The van der Waals surface area contributed by atoms with Gasteiger partial charge in [0.15, 0.2) is 5.82 Å². The van der Waals surface area contributed by atoms with Crippen LogP contribution in [-0.4, -0.2) is 29.5 Å². The van der Waals surface area contributed by atoms with E-state index in [9.17, 15) is 4.39 Å². The molecule has 4 heterocycles. The number of aryl methyl sites for hydroxylation is 2. The summed E-state index contributed by atoms with van der Waals surface area (Å²) in [5.41, 5.74) is 10.9. The van der Waals surface area contributed by atoms with Crippen LogP contribution in [0.1, 0.15) is 17.0 Å². The zero-order valence-electron chi connectivity index (χ0n) is 19.2. The number of terminal acetylenes is 1. The number of anilines is 1. The lowest BCUT2D eigenvalue weighted by atomic mass is 9.97. The second kappa shape index (κ2) is 8.50. The first kappa shape index (κ1) is 22.0. The van der Waals surface area contributed by atoms with Gasteiger partial charge in [-0.3, -0.25) is 0 Å². The van der Waals surface area contributed by atoms with Crippen LogP contribution >= 0.6 is 0 Å². The molecule has 0 radical (unpaired) electrons. The van der Waals surface area contributed by atoms with E-state index in [1.165, 1.54) is 6.33 Å². The number of hydrogen-bond acceptors (Lipinski definition) is 7. The van der Waals surface area contributed by atoms with Crippen molar-refractivity contribution in [3.05, 3.63) is 71.8 Å². The van der Waals surface area contributed by atoms with Gasteiger partial charge >= 0.3 is 6.01 Å². The molecule has 0 unspecified atom stereocenters. The van der Waals surface area contributed by atoms with Crippen LogP contribution in [0.2, 0.25) is 0 Å². The van der Waals surface area contributed by atoms with Gasteiger partial charge in [-0.25, -0.2) is 29.3 Å². The van der Waals surface area contributed by atoms with Crippen LogP contribution in [0.25, 0.3) is 33.4 Å². The smallest absolute Gasteiger partial charge is 0.322 e. The molecule has 0 fully saturated rings. The number of nitrogens with two attached hydrogens (primary N) is 1. The molecule has 0 amide bonds. The Kier molecular flexibility index (Phi) is 5.34. The summed E-state index contributed by atoms with van der Waals surface area (Å²) in [6, 6.07) is 9.41. The van der Waals surface area contributed by atoms with Crippen molar-refractivity contribution in [2.24, 2.45) is 7.05 Å². The number of nitrogens with zero attached hydrogens (tertiary/aromatic N) is 6. The minimum atomic E-state index is -0.540. The van der Waals surface area contributed by atoms with E-state index in [2.05, 4.69) is 30.8 Å². The molecule has 2 N–H and O–H groups in total. The summed E-state index contributed by atoms with van der Waals surface area (Å²) in [7, 11) is 1.84. The minimum Gasteiger partial charge on any atom is -0.424 e. The normalized spacial score (nSPS) is 10.9. The van der Waals surface area contributed by atoms with Crippen molar-refractivity contribution in [3.63, 3.8) is 0 Å². The highest BCUT2D eigenvalue weighted by Gasteiger charge is 2.24. The quantitative estimate of drug-likeness (QED) is 0.387. The fraction of sp³-hybridized carbons (Fsp3) is 0.115.